The lowest BCUT2D eigenvalue weighted by Crippen LogP contribution is -1.94. The Morgan fingerprint density at radius 2 is 2.24 bits per heavy atom. The van der Waals surface area contributed by atoms with E-state index >= 15 is 0 Å². The van der Waals surface area contributed by atoms with E-state index in [-0.39, 0.29) is 0 Å². The number of nitrogens with one attached hydrogen (secondary N) is 1. The molecular weight excluding hydrogens is 272 g/mol. The number of hydrogen-bond donors (Lipinski definition) is 1. The third-order valence-corrected chi connectivity index (χ3v) is 3.55. The summed E-state index contributed by atoms with van der Waals surface area (Å²) in [5.41, 5.74) is 1.03. The molecule has 0 saturated heterocycles. The summed E-state index contributed by atoms with van der Waals surface area (Å²) in [6.45, 7) is 1.98. The van der Waals surface area contributed by atoms with Crippen molar-refractivity contribution in [2.24, 2.45) is 0 Å². The lowest BCUT2D eigenvalue weighted by Gasteiger charge is -2.03. The van der Waals surface area contributed by atoms with Gasteiger partial charge in [0.15, 0.2) is 0 Å². The van der Waals surface area contributed by atoms with Crippen molar-refractivity contribution in [2.45, 2.75) is 17.6 Å². The van der Waals surface area contributed by atoms with E-state index in [1.54, 1.807) is 11.8 Å². The molecule has 2 nitrogen and oxygen atoms in total. The van der Waals surface area contributed by atoms with Crippen molar-refractivity contribution < 1.29 is 0 Å². The van der Waals surface area contributed by atoms with Crippen LogP contribution >= 0.6 is 35.6 Å². The minimum atomic E-state index is 0.628. The molecule has 0 aliphatic rings. The maximum Gasteiger partial charge on any atom is 0.130 e. The second kappa shape index (κ2) is 5.67. The van der Waals surface area contributed by atoms with E-state index in [1.807, 2.05) is 37.3 Å². The topological polar surface area (TPSA) is 28.7 Å². The standard InChI is InChI=1S/C12H11ClN2S2/c1-8-5-12(16)15-11(14-8)7-17-10-4-2-3-9(13)6-10/h2-6H,7H2,1H3,(H,14,15,16). The van der Waals surface area contributed by atoms with Gasteiger partial charge < -0.3 is 4.98 Å². The molecule has 0 atom stereocenters. The Morgan fingerprint density at radius 3 is 2.94 bits per heavy atom. The van der Waals surface area contributed by atoms with E-state index in [9.17, 15) is 0 Å². The first-order valence-electron chi connectivity index (χ1n) is 5.09. The van der Waals surface area contributed by atoms with E-state index in [0.717, 1.165) is 27.2 Å². The maximum absolute atomic E-state index is 5.92. The van der Waals surface area contributed by atoms with Crippen LogP contribution in [0.4, 0.5) is 0 Å². The van der Waals surface area contributed by atoms with Gasteiger partial charge in [0, 0.05) is 15.6 Å². The fourth-order valence-corrected chi connectivity index (χ4v) is 2.79. The van der Waals surface area contributed by atoms with Crippen LogP contribution in [0, 0.1) is 11.6 Å². The summed E-state index contributed by atoms with van der Waals surface area (Å²) in [4.78, 5) is 8.60. The first-order valence-corrected chi connectivity index (χ1v) is 6.86. The molecule has 17 heavy (non-hydrogen) atoms. The van der Waals surface area contributed by atoms with Crippen LogP contribution in [0.1, 0.15) is 11.5 Å². The molecule has 88 valence electrons. The van der Waals surface area contributed by atoms with E-state index < -0.39 is 0 Å². The predicted octanol–water partition coefficient (Wildman–Crippen LogP) is 4.39. The first kappa shape index (κ1) is 12.6. The van der Waals surface area contributed by atoms with Crippen molar-refractivity contribution in [3.05, 3.63) is 51.5 Å². The van der Waals surface area contributed by atoms with Crippen molar-refractivity contribution in [1.29, 1.82) is 0 Å². The molecular formula is C12H11ClN2S2. The van der Waals surface area contributed by atoms with Crippen LogP contribution in [0.2, 0.25) is 5.02 Å². The third-order valence-electron chi connectivity index (χ3n) is 2.10. The molecule has 1 aromatic heterocycles. The molecule has 1 N–H and O–H groups in total. The molecule has 1 aromatic carbocycles. The fourth-order valence-electron chi connectivity index (χ4n) is 1.42. The van der Waals surface area contributed by atoms with Gasteiger partial charge in [-0.25, -0.2) is 4.98 Å². The van der Waals surface area contributed by atoms with Gasteiger partial charge in [0.2, 0.25) is 0 Å². The SMILES string of the molecule is Cc1cc(=S)nc(CSc2cccc(Cl)c2)[nH]1. The zero-order valence-corrected chi connectivity index (χ0v) is 11.6. The highest BCUT2D eigenvalue weighted by molar-refractivity contribution is 7.98. The Morgan fingerprint density at radius 1 is 1.41 bits per heavy atom. The Balaban J connectivity index is 2.09. The van der Waals surface area contributed by atoms with Gasteiger partial charge in [-0.1, -0.05) is 29.9 Å². The largest absolute Gasteiger partial charge is 0.347 e. The summed E-state index contributed by atoms with van der Waals surface area (Å²) in [5, 5.41) is 0.750. The second-order valence-electron chi connectivity index (χ2n) is 3.60. The minimum Gasteiger partial charge on any atom is -0.347 e. The lowest BCUT2D eigenvalue weighted by atomic mass is 10.4. The van der Waals surface area contributed by atoms with Gasteiger partial charge in [-0.2, -0.15) is 0 Å². The Hall–Kier alpha value is -0.840. The van der Waals surface area contributed by atoms with Crippen LogP contribution in [0.3, 0.4) is 0 Å². The Bertz CT molecular complexity index is 581. The fraction of sp³-hybridized carbons (Fsp3) is 0.167. The van der Waals surface area contributed by atoms with E-state index in [0.29, 0.717) is 4.64 Å². The van der Waals surface area contributed by atoms with E-state index in [1.165, 1.54) is 0 Å². The van der Waals surface area contributed by atoms with Gasteiger partial charge in [0.25, 0.3) is 0 Å². The number of rotatable bonds is 3. The van der Waals surface area contributed by atoms with Gasteiger partial charge in [-0.3, -0.25) is 0 Å². The van der Waals surface area contributed by atoms with E-state index in [4.69, 9.17) is 23.8 Å². The molecule has 5 heteroatoms. The summed E-state index contributed by atoms with van der Waals surface area (Å²) in [5.74, 6) is 1.64. The molecule has 2 rings (SSSR count). The second-order valence-corrected chi connectivity index (χ2v) is 5.50. The number of hydrogen-bond acceptors (Lipinski definition) is 3. The number of aromatic amines is 1. The number of benzene rings is 1. The molecule has 0 radical (unpaired) electrons. The molecule has 2 aromatic rings. The molecule has 0 aliphatic carbocycles. The quantitative estimate of drug-likeness (QED) is 0.668. The average Bonchev–Trinajstić information content (AvgIpc) is 2.25. The van der Waals surface area contributed by atoms with Gasteiger partial charge in [-0.05, 0) is 31.2 Å². The summed E-state index contributed by atoms with van der Waals surface area (Å²) in [6.07, 6.45) is 0. The number of halogens is 1. The summed E-state index contributed by atoms with van der Waals surface area (Å²) >= 11 is 12.7. The van der Waals surface area contributed by atoms with Crippen LogP contribution in [0.5, 0.6) is 0 Å². The lowest BCUT2D eigenvalue weighted by molar-refractivity contribution is 0.986. The molecule has 0 amide bonds. The van der Waals surface area contributed by atoms with Crippen molar-refractivity contribution in [1.82, 2.24) is 9.97 Å². The predicted molar refractivity (Wildman–Crippen MR) is 75.2 cm³/mol. The van der Waals surface area contributed by atoms with Crippen LogP contribution in [-0.4, -0.2) is 9.97 Å². The zero-order chi connectivity index (χ0) is 12.3. The molecule has 0 saturated carbocycles. The first-order chi connectivity index (χ1) is 8.13. The average molecular weight is 283 g/mol. The molecule has 0 bridgehead atoms. The van der Waals surface area contributed by atoms with E-state index in [2.05, 4.69) is 9.97 Å². The smallest absolute Gasteiger partial charge is 0.130 e. The Labute approximate surface area is 114 Å². The summed E-state index contributed by atoms with van der Waals surface area (Å²) in [7, 11) is 0. The molecule has 0 unspecified atom stereocenters. The van der Waals surface area contributed by atoms with Gasteiger partial charge in [0.05, 0.1) is 5.75 Å². The number of aryl methyl sites for hydroxylation is 1. The number of H-pyrrole nitrogens is 1. The molecule has 0 spiro atoms. The van der Waals surface area contributed by atoms with Crippen LogP contribution in [-0.2, 0) is 5.75 Å². The summed E-state index contributed by atoms with van der Waals surface area (Å²) < 4.78 is 0.628. The molecule has 0 aliphatic heterocycles. The highest BCUT2D eigenvalue weighted by Crippen LogP contribution is 2.24. The van der Waals surface area contributed by atoms with Crippen LogP contribution in [0.25, 0.3) is 0 Å². The highest BCUT2D eigenvalue weighted by Gasteiger charge is 1.99. The maximum atomic E-state index is 5.92. The molecule has 0 fully saturated rings. The van der Waals surface area contributed by atoms with Crippen molar-refractivity contribution in [2.75, 3.05) is 0 Å². The number of nitrogens with zero attached hydrogens (tertiary/aromatic N) is 1. The van der Waals surface area contributed by atoms with Crippen molar-refractivity contribution in [3.63, 3.8) is 0 Å². The minimum absolute atomic E-state index is 0.628. The highest BCUT2D eigenvalue weighted by atomic mass is 35.5. The van der Waals surface area contributed by atoms with Crippen molar-refractivity contribution in [3.8, 4) is 0 Å². The number of aromatic nitrogens is 2. The van der Waals surface area contributed by atoms with Crippen molar-refractivity contribution >= 4 is 35.6 Å². The van der Waals surface area contributed by atoms with Crippen LogP contribution < -0.4 is 0 Å². The monoisotopic (exact) mass is 282 g/mol. The van der Waals surface area contributed by atoms with Gasteiger partial charge in [0.1, 0.15) is 10.5 Å². The Kier molecular flexibility index (Phi) is 4.20. The van der Waals surface area contributed by atoms with Gasteiger partial charge >= 0.3 is 0 Å². The van der Waals surface area contributed by atoms with Gasteiger partial charge in [-0.15, -0.1) is 11.8 Å². The third kappa shape index (κ3) is 3.84. The normalized spacial score (nSPS) is 10.5. The molecule has 1 heterocycles. The van der Waals surface area contributed by atoms with Crippen LogP contribution in [0.15, 0.2) is 35.2 Å². The zero-order valence-electron chi connectivity index (χ0n) is 9.24. The summed E-state index contributed by atoms with van der Waals surface area (Å²) in [6, 6.07) is 9.63. The number of thioether (sulfide) groups is 1.